The fourth-order valence-corrected chi connectivity index (χ4v) is 4.46. The number of amides is 1. The smallest absolute Gasteiger partial charge is 0.228 e. The minimum Gasteiger partial charge on any atom is -0.346 e. The number of carbonyl (C=O) groups excluding carboxylic acids is 1. The molecule has 1 N–H and O–H groups in total. The van der Waals surface area contributed by atoms with Gasteiger partial charge < -0.3 is 15.1 Å². The first-order chi connectivity index (χ1) is 14.0. The number of nitrogens with zero attached hydrogens (tertiary/aromatic N) is 4. The van der Waals surface area contributed by atoms with Gasteiger partial charge >= 0.3 is 0 Å². The fourth-order valence-electron chi connectivity index (χ4n) is 3.57. The zero-order chi connectivity index (χ0) is 20.8. The van der Waals surface area contributed by atoms with Crippen LogP contribution in [-0.4, -0.2) is 55.6 Å². The maximum Gasteiger partial charge on any atom is 0.228 e. The van der Waals surface area contributed by atoms with Crippen molar-refractivity contribution in [2.24, 2.45) is 5.92 Å². The van der Waals surface area contributed by atoms with Gasteiger partial charge in [0.15, 0.2) is 5.13 Å². The maximum absolute atomic E-state index is 12.6. The number of likely N-dealkylation sites (N-methyl/N-ethyl adjacent to an activating group) is 1. The quantitative estimate of drug-likeness (QED) is 0.708. The number of carbonyl (C=O) groups is 1. The summed E-state index contributed by atoms with van der Waals surface area (Å²) in [4.78, 5) is 22.2. The van der Waals surface area contributed by atoms with E-state index in [1.807, 2.05) is 24.3 Å². The Morgan fingerprint density at radius 3 is 2.76 bits per heavy atom. The normalized spacial score (nSPS) is 15.9. The second kappa shape index (κ2) is 9.86. The summed E-state index contributed by atoms with van der Waals surface area (Å²) in [7, 11) is 2.15. The highest BCUT2D eigenvalue weighted by atomic mass is 32.1. The highest BCUT2D eigenvalue weighted by Gasteiger charge is 2.23. The molecule has 0 aliphatic carbocycles. The van der Waals surface area contributed by atoms with E-state index in [1.165, 1.54) is 0 Å². The van der Waals surface area contributed by atoms with Gasteiger partial charge in [-0.05, 0) is 31.0 Å². The summed E-state index contributed by atoms with van der Waals surface area (Å²) in [5.74, 6) is 0.0208. The number of rotatable bonds is 7. The molecule has 0 radical (unpaired) electrons. The first kappa shape index (κ1) is 21.3. The van der Waals surface area contributed by atoms with Crippen molar-refractivity contribution in [1.29, 1.82) is 5.26 Å². The predicted molar refractivity (Wildman–Crippen MR) is 118 cm³/mol. The lowest BCUT2D eigenvalue weighted by atomic mass is 9.88. The molecule has 2 aromatic rings. The van der Waals surface area contributed by atoms with Crippen molar-refractivity contribution in [2.75, 3.05) is 44.7 Å². The minimum atomic E-state index is -0.265. The van der Waals surface area contributed by atoms with Crippen molar-refractivity contribution in [3.63, 3.8) is 0 Å². The highest BCUT2D eigenvalue weighted by molar-refractivity contribution is 7.14. The molecule has 0 saturated carbocycles. The van der Waals surface area contributed by atoms with Gasteiger partial charge in [-0.3, -0.25) is 4.79 Å². The van der Waals surface area contributed by atoms with Crippen molar-refractivity contribution in [3.05, 3.63) is 35.2 Å². The standard InChI is InChI=1S/C22H29N5OS/c1-16(2)13-19(21(28)24-8-7-23)17-5-4-6-18(14-17)20-15-29-22(25-20)27-11-9-26(3)10-12-27/h4-6,14-16,19H,8-13H2,1-3H3,(H,24,28). The molecular weight excluding hydrogens is 382 g/mol. The summed E-state index contributed by atoms with van der Waals surface area (Å²) < 4.78 is 0. The molecule has 1 unspecified atom stereocenters. The third-order valence-electron chi connectivity index (χ3n) is 5.22. The average Bonchev–Trinajstić information content (AvgIpc) is 3.21. The first-order valence-electron chi connectivity index (χ1n) is 10.1. The number of nitriles is 1. The zero-order valence-electron chi connectivity index (χ0n) is 17.4. The third-order valence-corrected chi connectivity index (χ3v) is 6.12. The summed E-state index contributed by atoms with van der Waals surface area (Å²) >= 11 is 1.68. The number of thiazole rings is 1. The molecule has 2 heterocycles. The lowest BCUT2D eigenvalue weighted by Crippen LogP contribution is -2.44. The van der Waals surface area contributed by atoms with Gasteiger partial charge in [0.1, 0.15) is 6.54 Å². The molecule has 154 valence electrons. The average molecular weight is 412 g/mol. The second-order valence-electron chi connectivity index (χ2n) is 7.99. The molecule has 1 atom stereocenters. The van der Waals surface area contributed by atoms with Crippen LogP contribution in [0.25, 0.3) is 11.3 Å². The van der Waals surface area contributed by atoms with Crippen LogP contribution in [0.1, 0.15) is 31.7 Å². The fraction of sp³-hybridized carbons (Fsp3) is 0.500. The van der Waals surface area contributed by atoms with Gasteiger partial charge in [0, 0.05) is 37.1 Å². The highest BCUT2D eigenvalue weighted by Crippen LogP contribution is 2.31. The van der Waals surface area contributed by atoms with E-state index in [4.69, 9.17) is 10.2 Å². The topological polar surface area (TPSA) is 72.3 Å². The molecule has 7 heteroatoms. The van der Waals surface area contributed by atoms with Crippen molar-refractivity contribution in [1.82, 2.24) is 15.2 Å². The molecule has 1 amide bonds. The summed E-state index contributed by atoms with van der Waals surface area (Å²) in [6.07, 6.45) is 0.740. The van der Waals surface area contributed by atoms with E-state index in [1.54, 1.807) is 11.3 Å². The molecule has 1 aromatic heterocycles. The van der Waals surface area contributed by atoms with Gasteiger partial charge in [-0.1, -0.05) is 32.0 Å². The SMILES string of the molecule is CC(C)CC(C(=O)NCC#N)c1cccc(-c2csc(N3CCN(C)CC3)n2)c1. The summed E-state index contributed by atoms with van der Waals surface area (Å²) in [6, 6.07) is 10.1. The Kier molecular flexibility index (Phi) is 7.24. The Balaban J connectivity index is 1.80. The van der Waals surface area contributed by atoms with Crippen LogP contribution in [0.5, 0.6) is 0 Å². The number of piperazine rings is 1. The minimum absolute atomic E-state index is 0.0353. The second-order valence-corrected chi connectivity index (χ2v) is 8.83. The Morgan fingerprint density at radius 1 is 1.31 bits per heavy atom. The van der Waals surface area contributed by atoms with Crippen LogP contribution in [0.4, 0.5) is 5.13 Å². The molecule has 1 fully saturated rings. The van der Waals surface area contributed by atoms with Crippen molar-refractivity contribution in [3.8, 4) is 17.3 Å². The van der Waals surface area contributed by atoms with Crippen molar-refractivity contribution in [2.45, 2.75) is 26.2 Å². The molecule has 0 spiro atoms. The van der Waals surface area contributed by atoms with E-state index >= 15 is 0 Å². The molecule has 1 saturated heterocycles. The van der Waals surface area contributed by atoms with Crippen LogP contribution >= 0.6 is 11.3 Å². The number of hydrogen-bond donors (Lipinski definition) is 1. The Hall–Kier alpha value is -2.43. The van der Waals surface area contributed by atoms with Crippen LogP contribution in [-0.2, 0) is 4.79 Å². The maximum atomic E-state index is 12.6. The predicted octanol–water partition coefficient (Wildman–Crippen LogP) is 3.33. The molecular formula is C22H29N5OS. The monoisotopic (exact) mass is 411 g/mol. The molecule has 1 aromatic carbocycles. The summed E-state index contributed by atoms with van der Waals surface area (Å²) in [6.45, 7) is 8.36. The van der Waals surface area contributed by atoms with E-state index < -0.39 is 0 Å². The summed E-state index contributed by atoms with van der Waals surface area (Å²) in [5.41, 5.74) is 2.95. The molecule has 29 heavy (non-hydrogen) atoms. The van der Waals surface area contributed by atoms with Crippen molar-refractivity contribution >= 4 is 22.4 Å². The van der Waals surface area contributed by atoms with E-state index in [0.717, 1.165) is 54.6 Å². The number of hydrogen-bond acceptors (Lipinski definition) is 6. The number of anilines is 1. The lowest BCUT2D eigenvalue weighted by Gasteiger charge is -2.32. The van der Waals surface area contributed by atoms with Crippen LogP contribution in [0.2, 0.25) is 0 Å². The molecule has 0 bridgehead atoms. The Labute approximate surface area is 177 Å². The third kappa shape index (κ3) is 5.55. The van der Waals surface area contributed by atoms with Gasteiger partial charge in [0.2, 0.25) is 5.91 Å². The Bertz CT molecular complexity index is 864. The number of aromatic nitrogens is 1. The largest absolute Gasteiger partial charge is 0.346 e. The molecule has 1 aliphatic heterocycles. The van der Waals surface area contributed by atoms with Gasteiger partial charge in [-0.25, -0.2) is 4.98 Å². The lowest BCUT2D eigenvalue weighted by molar-refractivity contribution is -0.122. The first-order valence-corrected chi connectivity index (χ1v) is 11.0. The van der Waals surface area contributed by atoms with Crippen LogP contribution in [0, 0.1) is 17.2 Å². The van der Waals surface area contributed by atoms with E-state index in [9.17, 15) is 4.79 Å². The van der Waals surface area contributed by atoms with Crippen LogP contribution in [0.15, 0.2) is 29.6 Å². The summed E-state index contributed by atoms with van der Waals surface area (Å²) in [5, 5.41) is 14.7. The van der Waals surface area contributed by atoms with E-state index in [0.29, 0.717) is 5.92 Å². The zero-order valence-corrected chi connectivity index (χ0v) is 18.2. The Morgan fingerprint density at radius 2 is 2.07 bits per heavy atom. The van der Waals surface area contributed by atoms with Gasteiger partial charge in [-0.2, -0.15) is 5.26 Å². The van der Waals surface area contributed by atoms with Crippen LogP contribution < -0.4 is 10.2 Å². The van der Waals surface area contributed by atoms with Gasteiger partial charge in [0.05, 0.1) is 17.7 Å². The van der Waals surface area contributed by atoms with Gasteiger partial charge in [-0.15, -0.1) is 11.3 Å². The number of benzene rings is 1. The van der Waals surface area contributed by atoms with Gasteiger partial charge in [0.25, 0.3) is 0 Å². The van der Waals surface area contributed by atoms with Crippen LogP contribution in [0.3, 0.4) is 0 Å². The molecule has 1 aliphatic rings. The molecule has 3 rings (SSSR count). The van der Waals surface area contributed by atoms with Crippen molar-refractivity contribution < 1.29 is 4.79 Å². The van der Waals surface area contributed by atoms with E-state index in [-0.39, 0.29) is 18.4 Å². The van der Waals surface area contributed by atoms with E-state index in [2.05, 4.69) is 47.5 Å². The number of nitrogens with one attached hydrogen (secondary N) is 1. The molecule has 6 nitrogen and oxygen atoms in total.